The van der Waals surface area contributed by atoms with Crippen molar-refractivity contribution in [3.8, 4) is 22.3 Å². The molecule has 1 atom stereocenters. The van der Waals surface area contributed by atoms with Crippen LogP contribution in [-0.4, -0.2) is 0 Å². The quantitative estimate of drug-likeness (QED) is 0.171. The Morgan fingerprint density at radius 3 is 1.93 bits per heavy atom. The molecule has 1 heteroatoms. The highest BCUT2D eigenvalue weighted by atomic mass is 15.1. The van der Waals surface area contributed by atoms with Gasteiger partial charge in [0, 0.05) is 28.7 Å². The second kappa shape index (κ2) is 13.5. The summed E-state index contributed by atoms with van der Waals surface area (Å²) in [6.45, 7) is 8.44. The molecule has 0 amide bonds. The summed E-state index contributed by atoms with van der Waals surface area (Å²) in [4.78, 5) is 2.33. The van der Waals surface area contributed by atoms with Gasteiger partial charge in [-0.25, -0.2) is 0 Å². The molecule has 0 aliphatic heterocycles. The van der Waals surface area contributed by atoms with Crippen LogP contribution in [0.25, 0.3) is 34.0 Å². The van der Waals surface area contributed by atoms with Crippen molar-refractivity contribution in [2.24, 2.45) is 0 Å². The van der Waals surface area contributed by atoms with E-state index in [4.69, 9.17) is 0 Å². The Bertz CT molecular complexity index is 1730. The third-order valence-corrected chi connectivity index (χ3v) is 7.63. The highest BCUT2D eigenvalue weighted by Crippen LogP contribution is 2.36. The number of nitrogens with zero attached hydrogens (tertiary/aromatic N) is 1. The third-order valence-electron chi connectivity index (χ3n) is 7.63. The molecule has 1 unspecified atom stereocenters. The van der Waals surface area contributed by atoms with Gasteiger partial charge >= 0.3 is 0 Å². The Hall–Kier alpha value is -4.88. The van der Waals surface area contributed by atoms with E-state index in [1.165, 1.54) is 44.0 Å². The summed E-state index contributed by atoms with van der Waals surface area (Å²) < 4.78 is 0. The Morgan fingerprint density at radius 1 is 0.707 bits per heavy atom. The van der Waals surface area contributed by atoms with Gasteiger partial charge in [0.1, 0.15) is 0 Å². The van der Waals surface area contributed by atoms with Gasteiger partial charge in [-0.05, 0) is 65.4 Å². The molecular weight excluding hydrogens is 494 g/mol. The van der Waals surface area contributed by atoms with Gasteiger partial charge in [0.25, 0.3) is 0 Å². The van der Waals surface area contributed by atoms with Crippen molar-refractivity contribution in [1.82, 2.24) is 0 Å². The molecule has 0 aliphatic rings. The standard InChI is InChI=1S/C40H37N/c1-4-32(34-19-9-6-10-20-34)25-17-29-41(31(3)38-26-16-15-18-33(38)5-2)37-27-28-39(35-21-11-7-12-22-35)40(30-37)36-23-13-8-14-24-36/h4-24,26-30,32H,1,25H2,2-3H3/b29-17+,33-5-,38-31+. The number of benzene rings is 5. The lowest BCUT2D eigenvalue weighted by Crippen LogP contribution is -2.31. The zero-order valence-corrected chi connectivity index (χ0v) is 23.9. The number of allylic oxidation sites excluding steroid dienone is 2. The van der Waals surface area contributed by atoms with Crippen molar-refractivity contribution >= 4 is 17.5 Å². The van der Waals surface area contributed by atoms with Crippen LogP contribution >= 0.6 is 0 Å². The third kappa shape index (κ3) is 6.48. The fraction of sp³-hybridized carbons (Fsp3) is 0.100. The van der Waals surface area contributed by atoms with E-state index in [1.807, 2.05) is 6.08 Å². The predicted octanol–water partition coefficient (Wildman–Crippen LogP) is 9.33. The maximum Gasteiger partial charge on any atom is 0.0458 e. The second-order valence-electron chi connectivity index (χ2n) is 10.2. The Kier molecular flexibility index (Phi) is 9.08. The van der Waals surface area contributed by atoms with Crippen LogP contribution in [0.4, 0.5) is 5.69 Å². The Balaban J connectivity index is 1.64. The first-order chi connectivity index (χ1) is 20.2. The Labute approximate surface area is 244 Å². The summed E-state index contributed by atoms with van der Waals surface area (Å²) >= 11 is 0. The molecule has 0 aliphatic carbocycles. The van der Waals surface area contributed by atoms with E-state index in [2.05, 4.69) is 177 Å². The smallest absolute Gasteiger partial charge is 0.0458 e. The van der Waals surface area contributed by atoms with Gasteiger partial charge in [-0.2, -0.15) is 0 Å². The first kappa shape index (κ1) is 27.7. The van der Waals surface area contributed by atoms with Gasteiger partial charge in [-0.1, -0.05) is 140 Å². The molecule has 5 aromatic carbocycles. The van der Waals surface area contributed by atoms with E-state index < -0.39 is 0 Å². The van der Waals surface area contributed by atoms with Crippen molar-refractivity contribution in [3.05, 3.63) is 174 Å². The van der Waals surface area contributed by atoms with Crippen LogP contribution in [0.3, 0.4) is 0 Å². The topological polar surface area (TPSA) is 3.24 Å². The van der Waals surface area contributed by atoms with E-state index in [-0.39, 0.29) is 5.92 Å². The van der Waals surface area contributed by atoms with Crippen molar-refractivity contribution in [2.75, 3.05) is 4.90 Å². The van der Waals surface area contributed by atoms with E-state index >= 15 is 0 Å². The SMILES string of the molecule is C=CC(C/C=C/N(/C(C)=c1\cccc\c1=C\C)c1ccc(-c2ccccc2)c(-c2ccccc2)c1)c1ccccc1. The number of anilines is 1. The van der Waals surface area contributed by atoms with E-state index in [9.17, 15) is 0 Å². The first-order valence-electron chi connectivity index (χ1n) is 14.3. The van der Waals surface area contributed by atoms with Crippen LogP contribution < -0.4 is 15.3 Å². The van der Waals surface area contributed by atoms with Crippen LogP contribution in [0.1, 0.15) is 31.7 Å². The van der Waals surface area contributed by atoms with Crippen molar-refractivity contribution in [2.45, 2.75) is 26.2 Å². The van der Waals surface area contributed by atoms with Gasteiger partial charge in [-0.15, -0.1) is 6.58 Å². The van der Waals surface area contributed by atoms with Crippen molar-refractivity contribution < 1.29 is 0 Å². The van der Waals surface area contributed by atoms with Crippen LogP contribution in [0.5, 0.6) is 0 Å². The molecule has 0 aromatic heterocycles. The number of hydrogen-bond acceptors (Lipinski definition) is 1. The molecule has 0 fully saturated rings. The zero-order valence-electron chi connectivity index (χ0n) is 23.9. The van der Waals surface area contributed by atoms with Gasteiger partial charge in [0.05, 0.1) is 0 Å². The molecular formula is C40H37N. The van der Waals surface area contributed by atoms with Gasteiger partial charge in [0.2, 0.25) is 0 Å². The summed E-state index contributed by atoms with van der Waals surface area (Å²) in [6, 6.07) is 47.3. The number of hydrogen-bond donors (Lipinski definition) is 0. The highest BCUT2D eigenvalue weighted by Gasteiger charge is 2.14. The summed E-state index contributed by atoms with van der Waals surface area (Å²) in [6.07, 6.45) is 9.59. The highest BCUT2D eigenvalue weighted by molar-refractivity contribution is 5.87. The minimum Gasteiger partial charge on any atom is -0.321 e. The normalized spacial score (nSPS) is 13.2. The maximum absolute atomic E-state index is 4.13. The van der Waals surface area contributed by atoms with Gasteiger partial charge < -0.3 is 4.90 Å². The van der Waals surface area contributed by atoms with E-state index in [0.29, 0.717) is 0 Å². The lowest BCUT2D eigenvalue weighted by Gasteiger charge is -2.24. The summed E-state index contributed by atoms with van der Waals surface area (Å²) in [7, 11) is 0. The molecule has 0 bridgehead atoms. The van der Waals surface area contributed by atoms with E-state index in [0.717, 1.165) is 12.1 Å². The molecule has 5 rings (SSSR count). The van der Waals surface area contributed by atoms with Crippen LogP contribution in [0.2, 0.25) is 0 Å². The predicted molar refractivity (Wildman–Crippen MR) is 178 cm³/mol. The van der Waals surface area contributed by atoms with Crippen molar-refractivity contribution in [1.29, 1.82) is 0 Å². The minimum absolute atomic E-state index is 0.256. The minimum atomic E-state index is 0.256. The van der Waals surface area contributed by atoms with Crippen molar-refractivity contribution in [3.63, 3.8) is 0 Å². The molecule has 5 aromatic rings. The van der Waals surface area contributed by atoms with Crippen LogP contribution in [-0.2, 0) is 0 Å². The molecule has 41 heavy (non-hydrogen) atoms. The average Bonchev–Trinajstić information content (AvgIpc) is 3.05. The largest absolute Gasteiger partial charge is 0.321 e. The first-order valence-corrected chi connectivity index (χ1v) is 14.3. The number of rotatable bonds is 9. The monoisotopic (exact) mass is 531 g/mol. The summed E-state index contributed by atoms with van der Waals surface area (Å²) in [5, 5.41) is 2.44. The fourth-order valence-electron chi connectivity index (χ4n) is 5.39. The van der Waals surface area contributed by atoms with Gasteiger partial charge in [-0.3, -0.25) is 0 Å². The lowest BCUT2D eigenvalue weighted by molar-refractivity contribution is 0.863. The van der Waals surface area contributed by atoms with Crippen LogP contribution in [0, 0.1) is 0 Å². The Morgan fingerprint density at radius 2 is 1.29 bits per heavy atom. The molecule has 202 valence electrons. The molecule has 0 radical (unpaired) electrons. The molecule has 0 saturated heterocycles. The van der Waals surface area contributed by atoms with Crippen LogP contribution in [0.15, 0.2) is 158 Å². The zero-order chi connectivity index (χ0) is 28.4. The van der Waals surface area contributed by atoms with E-state index in [1.54, 1.807) is 0 Å². The second-order valence-corrected chi connectivity index (χ2v) is 10.2. The molecule has 1 nitrogen and oxygen atoms in total. The summed E-state index contributed by atoms with van der Waals surface area (Å²) in [5.74, 6) is 0.256. The molecule has 0 saturated carbocycles. The summed E-state index contributed by atoms with van der Waals surface area (Å²) in [5.41, 5.74) is 8.43. The maximum atomic E-state index is 4.13. The fourth-order valence-corrected chi connectivity index (χ4v) is 5.39. The molecule has 0 N–H and O–H groups in total. The molecule has 0 spiro atoms. The molecule has 0 heterocycles. The average molecular weight is 532 g/mol. The lowest BCUT2D eigenvalue weighted by atomic mass is 9.93. The van der Waals surface area contributed by atoms with Gasteiger partial charge in [0.15, 0.2) is 0 Å².